The Morgan fingerprint density at radius 1 is 1.26 bits per heavy atom. The summed E-state index contributed by atoms with van der Waals surface area (Å²) in [7, 11) is 0. The summed E-state index contributed by atoms with van der Waals surface area (Å²) in [6.07, 6.45) is 7.34. The molecular formula is C15H29ClN2O. The van der Waals surface area contributed by atoms with Crippen molar-refractivity contribution in [1.82, 2.24) is 10.6 Å². The van der Waals surface area contributed by atoms with Crippen molar-refractivity contribution in [3.8, 4) is 0 Å². The van der Waals surface area contributed by atoms with Gasteiger partial charge in [-0.05, 0) is 56.4 Å². The normalized spacial score (nSPS) is 27.4. The third-order valence-corrected chi connectivity index (χ3v) is 4.69. The van der Waals surface area contributed by atoms with Crippen molar-refractivity contribution in [2.75, 3.05) is 19.6 Å². The molecule has 1 unspecified atom stereocenters. The Morgan fingerprint density at radius 3 is 2.53 bits per heavy atom. The van der Waals surface area contributed by atoms with E-state index in [4.69, 9.17) is 0 Å². The molecule has 1 aliphatic heterocycles. The van der Waals surface area contributed by atoms with Crippen LogP contribution in [0.5, 0.6) is 0 Å². The van der Waals surface area contributed by atoms with Crippen molar-refractivity contribution in [1.29, 1.82) is 0 Å². The van der Waals surface area contributed by atoms with Crippen LogP contribution in [0.1, 0.15) is 52.4 Å². The van der Waals surface area contributed by atoms with Crippen molar-refractivity contribution >= 4 is 18.3 Å². The number of hydrogen-bond donors (Lipinski definition) is 2. The largest absolute Gasteiger partial charge is 0.356 e. The van der Waals surface area contributed by atoms with Crippen molar-refractivity contribution in [3.05, 3.63) is 0 Å². The molecule has 2 fully saturated rings. The van der Waals surface area contributed by atoms with Gasteiger partial charge in [0, 0.05) is 13.1 Å². The molecule has 0 aromatic rings. The average Bonchev–Trinajstić information content (AvgIpc) is 2.38. The molecule has 1 amide bonds. The van der Waals surface area contributed by atoms with E-state index in [1.165, 1.54) is 25.7 Å². The first-order valence-electron chi connectivity index (χ1n) is 7.55. The van der Waals surface area contributed by atoms with Crippen LogP contribution in [0, 0.1) is 17.3 Å². The van der Waals surface area contributed by atoms with E-state index in [9.17, 15) is 4.79 Å². The van der Waals surface area contributed by atoms with Gasteiger partial charge >= 0.3 is 0 Å². The predicted octanol–water partition coefficient (Wildman–Crippen LogP) is 2.74. The summed E-state index contributed by atoms with van der Waals surface area (Å²) < 4.78 is 0. The van der Waals surface area contributed by atoms with Gasteiger partial charge in [0.25, 0.3) is 0 Å². The highest BCUT2D eigenvalue weighted by atomic mass is 35.5. The smallest absolute Gasteiger partial charge is 0.224 e. The molecule has 1 saturated carbocycles. The molecule has 4 heteroatoms. The summed E-state index contributed by atoms with van der Waals surface area (Å²) in [6.45, 7) is 7.54. The Hall–Kier alpha value is -0.280. The number of hydrogen-bond acceptors (Lipinski definition) is 2. The third kappa shape index (κ3) is 5.31. The monoisotopic (exact) mass is 288 g/mol. The van der Waals surface area contributed by atoms with Gasteiger partial charge in [0.05, 0.1) is 5.92 Å². The summed E-state index contributed by atoms with van der Waals surface area (Å²) in [4.78, 5) is 12.0. The van der Waals surface area contributed by atoms with E-state index in [-0.39, 0.29) is 24.2 Å². The lowest BCUT2D eigenvalue weighted by atomic mass is 9.73. The highest BCUT2D eigenvalue weighted by Crippen LogP contribution is 2.37. The highest BCUT2D eigenvalue weighted by Gasteiger charge is 2.27. The van der Waals surface area contributed by atoms with Gasteiger partial charge < -0.3 is 10.6 Å². The maximum Gasteiger partial charge on any atom is 0.224 e. The van der Waals surface area contributed by atoms with E-state index in [0.29, 0.717) is 11.3 Å². The number of carbonyl (C=O) groups excluding carboxylic acids is 1. The lowest BCUT2D eigenvalue weighted by Crippen LogP contribution is -2.42. The molecule has 19 heavy (non-hydrogen) atoms. The van der Waals surface area contributed by atoms with Crippen LogP contribution in [-0.2, 0) is 4.79 Å². The van der Waals surface area contributed by atoms with Gasteiger partial charge in [-0.1, -0.05) is 13.8 Å². The summed E-state index contributed by atoms with van der Waals surface area (Å²) >= 11 is 0. The van der Waals surface area contributed by atoms with Gasteiger partial charge in [-0.2, -0.15) is 0 Å². The zero-order valence-corrected chi connectivity index (χ0v) is 13.2. The van der Waals surface area contributed by atoms with Gasteiger partial charge in [0.2, 0.25) is 5.91 Å². The number of amides is 1. The number of halogens is 1. The van der Waals surface area contributed by atoms with Crippen LogP contribution in [0.15, 0.2) is 0 Å². The maximum absolute atomic E-state index is 12.0. The Labute approximate surface area is 123 Å². The fourth-order valence-corrected chi connectivity index (χ4v) is 3.13. The number of rotatable bonds is 3. The lowest BCUT2D eigenvalue weighted by molar-refractivity contribution is -0.125. The van der Waals surface area contributed by atoms with Gasteiger partial charge in [0.15, 0.2) is 0 Å². The minimum atomic E-state index is 0. The summed E-state index contributed by atoms with van der Waals surface area (Å²) in [5, 5.41) is 6.47. The zero-order chi connectivity index (χ0) is 13.0. The van der Waals surface area contributed by atoms with Gasteiger partial charge in [-0.15, -0.1) is 12.4 Å². The molecule has 3 nitrogen and oxygen atoms in total. The number of nitrogens with one attached hydrogen (secondary N) is 2. The van der Waals surface area contributed by atoms with Crippen LogP contribution < -0.4 is 10.6 Å². The Bertz CT molecular complexity index is 278. The van der Waals surface area contributed by atoms with Crippen LogP contribution >= 0.6 is 12.4 Å². The van der Waals surface area contributed by atoms with E-state index in [1.807, 2.05) is 0 Å². The van der Waals surface area contributed by atoms with Crippen molar-refractivity contribution in [3.63, 3.8) is 0 Å². The molecule has 0 aromatic carbocycles. The Kier molecular flexibility index (Phi) is 6.61. The molecule has 0 bridgehead atoms. The zero-order valence-electron chi connectivity index (χ0n) is 12.3. The van der Waals surface area contributed by atoms with E-state index < -0.39 is 0 Å². The second-order valence-corrected chi connectivity index (χ2v) is 6.90. The molecule has 112 valence electrons. The van der Waals surface area contributed by atoms with Crippen LogP contribution in [0.2, 0.25) is 0 Å². The fraction of sp³-hybridized carbons (Fsp3) is 0.933. The van der Waals surface area contributed by atoms with Gasteiger partial charge in [-0.3, -0.25) is 4.79 Å². The quantitative estimate of drug-likeness (QED) is 0.838. The molecule has 1 atom stereocenters. The molecule has 1 aliphatic carbocycles. The molecule has 0 spiro atoms. The molecule has 2 N–H and O–H groups in total. The second kappa shape index (κ2) is 7.49. The summed E-state index contributed by atoms with van der Waals surface area (Å²) in [5.74, 6) is 1.18. The van der Waals surface area contributed by atoms with E-state index >= 15 is 0 Å². The lowest BCUT2D eigenvalue weighted by Gasteiger charge is -2.34. The molecular weight excluding hydrogens is 260 g/mol. The minimum Gasteiger partial charge on any atom is -0.356 e. The average molecular weight is 289 g/mol. The Balaban J connectivity index is 0.00000180. The molecule has 1 heterocycles. The fourth-order valence-electron chi connectivity index (χ4n) is 3.13. The van der Waals surface area contributed by atoms with E-state index in [0.717, 1.165) is 32.5 Å². The van der Waals surface area contributed by atoms with Gasteiger partial charge in [0.1, 0.15) is 0 Å². The van der Waals surface area contributed by atoms with Crippen LogP contribution in [-0.4, -0.2) is 25.5 Å². The molecule has 0 radical (unpaired) electrons. The minimum absolute atomic E-state index is 0. The Morgan fingerprint density at radius 2 is 1.95 bits per heavy atom. The first-order chi connectivity index (χ1) is 8.57. The SMILES string of the molecule is CC1(C)CCC(CNC(=O)C2CCCNC2)CC1.Cl. The van der Waals surface area contributed by atoms with Crippen LogP contribution in [0.25, 0.3) is 0 Å². The van der Waals surface area contributed by atoms with Crippen molar-refractivity contribution < 1.29 is 4.79 Å². The van der Waals surface area contributed by atoms with Crippen LogP contribution in [0.3, 0.4) is 0 Å². The molecule has 1 saturated heterocycles. The number of piperidine rings is 1. The summed E-state index contributed by atoms with van der Waals surface area (Å²) in [5.41, 5.74) is 0.522. The van der Waals surface area contributed by atoms with E-state index in [2.05, 4.69) is 24.5 Å². The number of carbonyl (C=O) groups is 1. The second-order valence-electron chi connectivity index (χ2n) is 6.90. The highest BCUT2D eigenvalue weighted by molar-refractivity contribution is 5.85. The molecule has 2 rings (SSSR count). The van der Waals surface area contributed by atoms with E-state index in [1.54, 1.807) is 0 Å². The first kappa shape index (κ1) is 16.8. The first-order valence-corrected chi connectivity index (χ1v) is 7.55. The topological polar surface area (TPSA) is 41.1 Å². The maximum atomic E-state index is 12.0. The standard InChI is InChI=1S/C15H28N2O.ClH/c1-15(2)7-5-12(6-8-15)10-17-14(18)13-4-3-9-16-11-13;/h12-13,16H,3-11H2,1-2H3,(H,17,18);1H. The van der Waals surface area contributed by atoms with Crippen molar-refractivity contribution in [2.45, 2.75) is 52.4 Å². The van der Waals surface area contributed by atoms with Crippen molar-refractivity contribution in [2.24, 2.45) is 17.3 Å². The third-order valence-electron chi connectivity index (χ3n) is 4.69. The molecule has 2 aliphatic rings. The summed E-state index contributed by atoms with van der Waals surface area (Å²) in [6, 6.07) is 0. The van der Waals surface area contributed by atoms with Gasteiger partial charge in [-0.25, -0.2) is 0 Å². The predicted molar refractivity (Wildman–Crippen MR) is 81.6 cm³/mol. The molecule has 0 aromatic heterocycles. The van der Waals surface area contributed by atoms with Crippen LogP contribution in [0.4, 0.5) is 0 Å².